The minimum absolute atomic E-state index is 0.710. The zero-order chi connectivity index (χ0) is 21.2. The zero-order valence-corrected chi connectivity index (χ0v) is 18.6. The Hall–Kier alpha value is -3.12. The van der Waals surface area contributed by atoms with Gasteiger partial charge in [-0.1, -0.05) is 35.6 Å². The predicted octanol–water partition coefficient (Wildman–Crippen LogP) is 5.87. The molecule has 0 saturated carbocycles. The summed E-state index contributed by atoms with van der Waals surface area (Å²) in [6.45, 7) is 0.710. The summed E-state index contributed by atoms with van der Waals surface area (Å²) in [5.41, 5.74) is 7.11. The highest BCUT2D eigenvalue weighted by Gasteiger charge is 2.22. The fourth-order valence-electron chi connectivity index (χ4n) is 4.16. The van der Waals surface area contributed by atoms with Gasteiger partial charge in [0.25, 0.3) is 0 Å². The summed E-state index contributed by atoms with van der Waals surface area (Å²) in [5, 5.41) is 4.38. The molecule has 4 aromatic rings. The van der Waals surface area contributed by atoms with E-state index in [1.807, 2.05) is 24.3 Å². The molecule has 1 aliphatic carbocycles. The van der Waals surface area contributed by atoms with Crippen LogP contribution in [-0.4, -0.2) is 24.2 Å². The summed E-state index contributed by atoms with van der Waals surface area (Å²) < 4.78 is 11.8. The first-order chi connectivity index (χ1) is 15.2. The molecule has 5 nitrogen and oxygen atoms in total. The molecule has 5 rings (SSSR count). The average molecular weight is 432 g/mol. The maximum atomic E-state index is 5.36. The monoisotopic (exact) mass is 431 g/mol. The van der Waals surface area contributed by atoms with Crippen LogP contribution in [0.4, 0.5) is 5.13 Å². The lowest BCUT2D eigenvalue weighted by Crippen LogP contribution is -2.07. The van der Waals surface area contributed by atoms with Crippen LogP contribution in [-0.2, 0) is 19.4 Å². The van der Waals surface area contributed by atoms with Crippen molar-refractivity contribution in [2.45, 2.75) is 32.2 Å². The number of anilines is 1. The van der Waals surface area contributed by atoms with Gasteiger partial charge in [-0.05, 0) is 66.6 Å². The van der Waals surface area contributed by atoms with Crippen molar-refractivity contribution in [2.75, 3.05) is 19.5 Å². The van der Waals surface area contributed by atoms with Crippen molar-refractivity contribution in [3.8, 4) is 22.6 Å². The van der Waals surface area contributed by atoms with E-state index >= 15 is 0 Å². The first kappa shape index (κ1) is 19.8. The third kappa shape index (κ3) is 3.95. The summed E-state index contributed by atoms with van der Waals surface area (Å²) in [6.07, 6.45) is 4.51. The number of benzene rings is 2. The number of ether oxygens (including phenoxy) is 2. The molecule has 2 heterocycles. The Balaban J connectivity index is 1.52. The Bertz CT molecular complexity index is 1200. The number of hydrogen-bond acceptors (Lipinski definition) is 6. The molecule has 0 spiro atoms. The predicted molar refractivity (Wildman–Crippen MR) is 126 cm³/mol. The first-order valence-corrected chi connectivity index (χ1v) is 11.4. The highest BCUT2D eigenvalue weighted by molar-refractivity contribution is 7.22. The number of nitrogens with one attached hydrogen (secondary N) is 1. The molecule has 0 bridgehead atoms. The molecule has 0 fully saturated rings. The fourth-order valence-corrected chi connectivity index (χ4v) is 5.15. The quantitative estimate of drug-likeness (QED) is 0.414. The molecule has 1 N–H and O–H groups in total. The number of thiazole rings is 1. The maximum Gasteiger partial charge on any atom is 0.185 e. The Morgan fingerprint density at radius 1 is 0.871 bits per heavy atom. The number of aromatic nitrogens is 2. The molecule has 158 valence electrons. The largest absolute Gasteiger partial charge is 0.497 e. The summed E-state index contributed by atoms with van der Waals surface area (Å²) >= 11 is 1.69. The van der Waals surface area contributed by atoms with Crippen LogP contribution in [0.3, 0.4) is 0 Å². The molecule has 1 aliphatic rings. The maximum absolute atomic E-state index is 5.36. The number of nitrogens with zero attached hydrogens (tertiary/aromatic N) is 2. The van der Waals surface area contributed by atoms with Crippen LogP contribution >= 0.6 is 11.3 Å². The number of aryl methyl sites for hydroxylation is 1. The second-order valence-corrected chi connectivity index (χ2v) is 8.72. The van der Waals surface area contributed by atoms with E-state index in [-0.39, 0.29) is 0 Å². The van der Waals surface area contributed by atoms with E-state index in [4.69, 9.17) is 19.4 Å². The van der Waals surface area contributed by atoms with Crippen LogP contribution in [0.5, 0.6) is 11.5 Å². The van der Waals surface area contributed by atoms with Crippen LogP contribution < -0.4 is 14.8 Å². The second kappa shape index (κ2) is 8.55. The molecule has 0 atom stereocenters. The lowest BCUT2D eigenvalue weighted by atomic mass is 9.89. The van der Waals surface area contributed by atoms with Crippen molar-refractivity contribution in [3.63, 3.8) is 0 Å². The summed E-state index contributed by atoms with van der Waals surface area (Å²) in [4.78, 5) is 9.79. The molecule has 2 aromatic carbocycles. The van der Waals surface area contributed by atoms with Crippen molar-refractivity contribution in [2.24, 2.45) is 0 Å². The van der Waals surface area contributed by atoms with Crippen LogP contribution in [0.1, 0.15) is 29.7 Å². The number of pyridine rings is 1. The van der Waals surface area contributed by atoms with Gasteiger partial charge >= 0.3 is 0 Å². The van der Waals surface area contributed by atoms with Gasteiger partial charge in [0.2, 0.25) is 0 Å². The molecule has 0 aliphatic heterocycles. The van der Waals surface area contributed by atoms with Gasteiger partial charge in [-0.3, -0.25) is 0 Å². The van der Waals surface area contributed by atoms with E-state index in [0.29, 0.717) is 6.54 Å². The van der Waals surface area contributed by atoms with Crippen molar-refractivity contribution < 1.29 is 9.47 Å². The normalized spacial score (nSPS) is 13.1. The number of methoxy groups -OCH3 is 2. The van der Waals surface area contributed by atoms with Gasteiger partial charge in [-0.25, -0.2) is 9.97 Å². The molecule has 0 saturated heterocycles. The zero-order valence-electron chi connectivity index (χ0n) is 17.8. The topological polar surface area (TPSA) is 56.3 Å². The SMILES string of the molecule is COc1ccc(CNc2nc3nc4c(c(-c5ccc(OC)cc5)c3s2)CCCC4)cc1. The number of rotatable bonds is 6. The molecule has 6 heteroatoms. The van der Waals surface area contributed by atoms with Gasteiger partial charge in [0, 0.05) is 17.8 Å². The summed E-state index contributed by atoms with van der Waals surface area (Å²) in [6, 6.07) is 16.4. The molecule has 2 aromatic heterocycles. The molecule has 0 unspecified atom stereocenters. The minimum Gasteiger partial charge on any atom is -0.497 e. The molecule has 0 amide bonds. The molecular formula is C25H25N3O2S. The van der Waals surface area contributed by atoms with Gasteiger partial charge in [-0.2, -0.15) is 0 Å². The van der Waals surface area contributed by atoms with E-state index < -0.39 is 0 Å². The van der Waals surface area contributed by atoms with Gasteiger partial charge in [0.15, 0.2) is 10.8 Å². The highest BCUT2D eigenvalue weighted by atomic mass is 32.1. The van der Waals surface area contributed by atoms with E-state index in [9.17, 15) is 0 Å². The third-order valence-corrected chi connectivity index (χ3v) is 6.82. The standard InChI is InChI=1S/C25H25N3O2S/c1-29-18-11-7-16(8-12-18)15-26-25-28-24-23(31-25)22(17-9-13-19(30-2)14-10-17)20-5-3-4-6-21(20)27-24/h7-14H,3-6,15H2,1-2H3,(H,26,27,28). The smallest absolute Gasteiger partial charge is 0.185 e. The highest BCUT2D eigenvalue weighted by Crippen LogP contribution is 2.40. The molecular weight excluding hydrogens is 406 g/mol. The second-order valence-electron chi connectivity index (χ2n) is 7.72. The van der Waals surface area contributed by atoms with Crippen LogP contribution in [0, 0.1) is 0 Å². The van der Waals surface area contributed by atoms with E-state index in [0.717, 1.165) is 39.8 Å². The van der Waals surface area contributed by atoms with Gasteiger partial charge < -0.3 is 14.8 Å². The van der Waals surface area contributed by atoms with Crippen LogP contribution in [0.15, 0.2) is 48.5 Å². The van der Waals surface area contributed by atoms with Crippen molar-refractivity contribution in [1.82, 2.24) is 9.97 Å². The third-order valence-electron chi connectivity index (χ3n) is 5.80. The number of hydrogen-bond donors (Lipinski definition) is 1. The first-order valence-electron chi connectivity index (χ1n) is 10.6. The Morgan fingerprint density at radius 2 is 1.55 bits per heavy atom. The van der Waals surface area contributed by atoms with Crippen LogP contribution in [0.2, 0.25) is 0 Å². The fraction of sp³-hybridized carbons (Fsp3) is 0.280. The molecule has 0 radical (unpaired) electrons. The lowest BCUT2D eigenvalue weighted by Gasteiger charge is -2.19. The summed E-state index contributed by atoms with van der Waals surface area (Å²) in [5.74, 6) is 1.73. The van der Waals surface area contributed by atoms with Gasteiger partial charge in [0.1, 0.15) is 11.5 Å². The van der Waals surface area contributed by atoms with Gasteiger partial charge in [-0.15, -0.1) is 0 Å². The van der Waals surface area contributed by atoms with E-state index in [1.54, 1.807) is 25.6 Å². The van der Waals surface area contributed by atoms with Crippen molar-refractivity contribution in [3.05, 3.63) is 65.4 Å². The lowest BCUT2D eigenvalue weighted by molar-refractivity contribution is 0.414. The van der Waals surface area contributed by atoms with E-state index in [2.05, 4.69) is 29.6 Å². The minimum atomic E-state index is 0.710. The van der Waals surface area contributed by atoms with Crippen molar-refractivity contribution >= 4 is 26.8 Å². The number of fused-ring (bicyclic) bond motifs is 2. The Labute approximate surface area is 186 Å². The summed E-state index contributed by atoms with van der Waals surface area (Å²) in [7, 11) is 3.38. The molecule has 31 heavy (non-hydrogen) atoms. The average Bonchev–Trinajstić information content (AvgIpc) is 3.24. The van der Waals surface area contributed by atoms with Crippen molar-refractivity contribution in [1.29, 1.82) is 0 Å². The Kier molecular flexibility index (Phi) is 5.47. The van der Waals surface area contributed by atoms with Gasteiger partial charge in [0.05, 0.1) is 18.9 Å². The van der Waals surface area contributed by atoms with E-state index in [1.165, 1.54) is 40.8 Å². The van der Waals surface area contributed by atoms with Crippen LogP contribution in [0.25, 0.3) is 21.5 Å². The Morgan fingerprint density at radius 3 is 2.26 bits per heavy atom.